The van der Waals surface area contributed by atoms with Crippen LogP contribution in [0.2, 0.25) is 10.2 Å². The summed E-state index contributed by atoms with van der Waals surface area (Å²) in [6, 6.07) is 9.80. The van der Waals surface area contributed by atoms with E-state index >= 15 is 0 Å². The zero-order chi connectivity index (χ0) is 14.8. The lowest BCUT2D eigenvalue weighted by molar-refractivity contribution is 0.646. The SMILES string of the molecule is Cc1nc(Cl)cc(N2CCN(c3cccc(Cl)c3)CC2)n1. The maximum atomic E-state index is 6.05. The summed E-state index contributed by atoms with van der Waals surface area (Å²) in [6.45, 7) is 5.53. The minimum absolute atomic E-state index is 0.495. The van der Waals surface area contributed by atoms with Crippen LogP contribution in [0.3, 0.4) is 0 Å². The molecule has 1 aromatic carbocycles. The van der Waals surface area contributed by atoms with Crippen LogP contribution in [0.4, 0.5) is 11.5 Å². The van der Waals surface area contributed by atoms with Gasteiger partial charge in [0.1, 0.15) is 16.8 Å². The first-order valence-electron chi connectivity index (χ1n) is 6.88. The first kappa shape index (κ1) is 14.4. The van der Waals surface area contributed by atoms with Crippen LogP contribution < -0.4 is 9.80 Å². The van der Waals surface area contributed by atoms with E-state index in [-0.39, 0.29) is 0 Å². The van der Waals surface area contributed by atoms with Gasteiger partial charge in [-0.05, 0) is 25.1 Å². The Hall–Kier alpha value is -1.52. The molecule has 4 nitrogen and oxygen atoms in total. The Labute approximate surface area is 134 Å². The molecule has 0 atom stereocenters. The lowest BCUT2D eigenvalue weighted by atomic mass is 10.2. The summed E-state index contributed by atoms with van der Waals surface area (Å²) >= 11 is 12.1. The quantitative estimate of drug-likeness (QED) is 0.793. The molecule has 6 heteroatoms. The predicted octanol–water partition coefficient (Wildman–Crippen LogP) is 3.42. The van der Waals surface area contributed by atoms with Crippen molar-refractivity contribution >= 4 is 34.7 Å². The maximum Gasteiger partial charge on any atom is 0.134 e. The lowest BCUT2D eigenvalue weighted by Gasteiger charge is -2.36. The highest BCUT2D eigenvalue weighted by Crippen LogP contribution is 2.23. The number of hydrogen-bond donors (Lipinski definition) is 0. The average molecular weight is 323 g/mol. The Balaban J connectivity index is 1.70. The van der Waals surface area contributed by atoms with E-state index in [4.69, 9.17) is 23.2 Å². The predicted molar refractivity (Wildman–Crippen MR) is 87.7 cm³/mol. The molecule has 2 heterocycles. The number of halogens is 2. The van der Waals surface area contributed by atoms with Crippen molar-refractivity contribution in [1.82, 2.24) is 9.97 Å². The molecule has 0 spiro atoms. The zero-order valence-corrected chi connectivity index (χ0v) is 13.3. The fraction of sp³-hybridized carbons (Fsp3) is 0.333. The van der Waals surface area contributed by atoms with Gasteiger partial charge in [-0.3, -0.25) is 0 Å². The van der Waals surface area contributed by atoms with Crippen LogP contribution in [0, 0.1) is 6.92 Å². The number of nitrogens with zero attached hydrogens (tertiary/aromatic N) is 4. The van der Waals surface area contributed by atoms with Gasteiger partial charge >= 0.3 is 0 Å². The van der Waals surface area contributed by atoms with Crippen LogP contribution >= 0.6 is 23.2 Å². The van der Waals surface area contributed by atoms with Crippen molar-refractivity contribution in [3.05, 3.63) is 46.3 Å². The molecule has 2 aromatic rings. The van der Waals surface area contributed by atoms with Gasteiger partial charge in [0.2, 0.25) is 0 Å². The third-order valence-corrected chi connectivity index (χ3v) is 4.00. The molecule has 0 saturated carbocycles. The molecule has 3 rings (SSSR count). The summed E-state index contributed by atoms with van der Waals surface area (Å²) in [5, 5.41) is 1.27. The number of aryl methyl sites for hydroxylation is 1. The summed E-state index contributed by atoms with van der Waals surface area (Å²) < 4.78 is 0. The molecule has 0 radical (unpaired) electrons. The Morgan fingerprint density at radius 1 is 0.952 bits per heavy atom. The Morgan fingerprint density at radius 2 is 1.67 bits per heavy atom. The van der Waals surface area contributed by atoms with Gasteiger partial charge in [-0.25, -0.2) is 9.97 Å². The summed E-state index contributed by atoms with van der Waals surface area (Å²) in [6.07, 6.45) is 0. The molecule has 1 aromatic heterocycles. The van der Waals surface area contributed by atoms with Crippen molar-refractivity contribution in [3.8, 4) is 0 Å². The summed E-state index contributed by atoms with van der Waals surface area (Å²) in [5.41, 5.74) is 1.17. The third-order valence-electron chi connectivity index (χ3n) is 3.57. The Bertz CT molecular complexity index is 619. The minimum atomic E-state index is 0.495. The molecule has 0 unspecified atom stereocenters. The first-order chi connectivity index (χ1) is 10.1. The highest BCUT2D eigenvalue weighted by molar-refractivity contribution is 6.30. The van der Waals surface area contributed by atoms with Crippen molar-refractivity contribution in [2.75, 3.05) is 36.0 Å². The Kier molecular flexibility index (Phi) is 4.17. The largest absolute Gasteiger partial charge is 0.368 e. The molecule has 21 heavy (non-hydrogen) atoms. The van der Waals surface area contributed by atoms with E-state index < -0.39 is 0 Å². The first-order valence-corrected chi connectivity index (χ1v) is 7.64. The highest BCUT2D eigenvalue weighted by atomic mass is 35.5. The van der Waals surface area contributed by atoms with Crippen molar-refractivity contribution in [2.45, 2.75) is 6.92 Å². The molecular formula is C15H16Cl2N4. The van der Waals surface area contributed by atoms with Gasteiger partial charge in [-0.1, -0.05) is 29.3 Å². The molecule has 110 valence electrons. The topological polar surface area (TPSA) is 32.3 Å². The van der Waals surface area contributed by atoms with Crippen LogP contribution in [-0.2, 0) is 0 Å². The van der Waals surface area contributed by atoms with Gasteiger partial charge in [-0.15, -0.1) is 0 Å². The smallest absolute Gasteiger partial charge is 0.134 e. The summed E-state index contributed by atoms with van der Waals surface area (Å²) in [5.74, 6) is 1.60. The number of aromatic nitrogens is 2. The normalized spacial score (nSPS) is 15.4. The average Bonchev–Trinajstić information content (AvgIpc) is 2.46. The monoisotopic (exact) mass is 322 g/mol. The molecule has 0 amide bonds. The second-order valence-electron chi connectivity index (χ2n) is 5.05. The molecule has 1 aliphatic rings. The van der Waals surface area contributed by atoms with Crippen LogP contribution in [0.1, 0.15) is 5.82 Å². The number of benzene rings is 1. The van der Waals surface area contributed by atoms with Crippen molar-refractivity contribution in [3.63, 3.8) is 0 Å². The van der Waals surface area contributed by atoms with Crippen LogP contribution in [-0.4, -0.2) is 36.1 Å². The van der Waals surface area contributed by atoms with Crippen molar-refractivity contribution < 1.29 is 0 Å². The standard InChI is InChI=1S/C15H16Cl2N4/c1-11-18-14(17)10-15(19-11)21-7-5-20(6-8-21)13-4-2-3-12(16)9-13/h2-4,9-10H,5-8H2,1H3. The van der Waals surface area contributed by atoms with E-state index in [1.807, 2.05) is 31.2 Å². The fourth-order valence-corrected chi connectivity index (χ4v) is 2.95. The van der Waals surface area contributed by atoms with Gasteiger partial charge in [-0.2, -0.15) is 0 Å². The van der Waals surface area contributed by atoms with E-state index in [1.165, 1.54) is 5.69 Å². The maximum absolute atomic E-state index is 6.05. The minimum Gasteiger partial charge on any atom is -0.368 e. The van der Waals surface area contributed by atoms with Gasteiger partial charge in [0.25, 0.3) is 0 Å². The molecule has 1 aliphatic heterocycles. The van der Waals surface area contributed by atoms with E-state index in [0.717, 1.165) is 37.0 Å². The van der Waals surface area contributed by atoms with Crippen molar-refractivity contribution in [2.24, 2.45) is 0 Å². The van der Waals surface area contributed by atoms with Gasteiger partial charge in [0.05, 0.1) is 0 Å². The number of rotatable bonds is 2. The van der Waals surface area contributed by atoms with E-state index in [1.54, 1.807) is 0 Å². The molecule has 1 fully saturated rings. The molecule has 0 bridgehead atoms. The van der Waals surface area contributed by atoms with E-state index in [9.17, 15) is 0 Å². The van der Waals surface area contributed by atoms with Crippen LogP contribution in [0.5, 0.6) is 0 Å². The van der Waals surface area contributed by atoms with E-state index in [2.05, 4.69) is 25.8 Å². The summed E-state index contributed by atoms with van der Waals surface area (Å²) in [4.78, 5) is 13.1. The summed E-state index contributed by atoms with van der Waals surface area (Å²) in [7, 11) is 0. The van der Waals surface area contributed by atoms with E-state index in [0.29, 0.717) is 11.0 Å². The number of hydrogen-bond acceptors (Lipinski definition) is 4. The molecule has 0 aliphatic carbocycles. The lowest BCUT2D eigenvalue weighted by Crippen LogP contribution is -2.46. The van der Waals surface area contributed by atoms with Gasteiger partial charge in [0.15, 0.2) is 0 Å². The second kappa shape index (κ2) is 6.08. The molecule has 0 N–H and O–H groups in total. The number of anilines is 2. The third kappa shape index (κ3) is 3.39. The fourth-order valence-electron chi connectivity index (χ4n) is 2.54. The second-order valence-corrected chi connectivity index (χ2v) is 5.87. The molecule has 1 saturated heterocycles. The highest BCUT2D eigenvalue weighted by Gasteiger charge is 2.19. The van der Waals surface area contributed by atoms with Gasteiger partial charge < -0.3 is 9.80 Å². The van der Waals surface area contributed by atoms with Gasteiger partial charge in [0, 0.05) is 43.0 Å². The van der Waals surface area contributed by atoms with Crippen LogP contribution in [0.15, 0.2) is 30.3 Å². The Morgan fingerprint density at radius 3 is 2.33 bits per heavy atom. The zero-order valence-electron chi connectivity index (χ0n) is 11.8. The van der Waals surface area contributed by atoms with Crippen LogP contribution in [0.25, 0.3) is 0 Å². The van der Waals surface area contributed by atoms with Crippen molar-refractivity contribution in [1.29, 1.82) is 0 Å². The molecular weight excluding hydrogens is 307 g/mol. The number of piperazine rings is 1.